The van der Waals surface area contributed by atoms with Crippen molar-refractivity contribution in [1.82, 2.24) is 9.55 Å². The maximum atomic E-state index is 12.2. The summed E-state index contributed by atoms with van der Waals surface area (Å²) in [5, 5.41) is 0. The summed E-state index contributed by atoms with van der Waals surface area (Å²) < 4.78 is 1.85. The van der Waals surface area contributed by atoms with Crippen molar-refractivity contribution >= 4 is 0 Å². The second kappa shape index (κ2) is 5.21. The van der Waals surface area contributed by atoms with Crippen LogP contribution in [0.2, 0.25) is 0 Å². The molecule has 0 saturated heterocycles. The number of hydrogen-bond donors (Lipinski definition) is 1. The summed E-state index contributed by atoms with van der Waals surface area (Å²) in [6.45, 7) is 2.50. The van der Waals surface area contributed by atoms with Gasteiger partial charge in [0.15, 0.2) is 0 Å². The van der Waals surface area contributed by atoms with Crippen LogP contribution >= 0.6 is 0 Å². The third-order valence-corrected chi connectivity index (χ3v) is 3.89. The Balaban J connectivity index is 2.01. The Hall–Kier alpha value is -1.94. The largest absolute Gasteiger partial charge is 0.327 e. The van der Waals surface area contributed by atoms with Gasteiger partial charge in [-0.15, -0.1) is 0 Å². The van der Waals surface area contributed by atoms with E-state index in [1.807, 2.05) is 35.8 Å². The molecule has 2 heterocycles. The highest BCUT2D eigenvalue weighted by Gasteiger charge is 2.19. The minimum Gasteiger partial charge on any atom is -0.327 e. The number of hydrogen-bond acceptors (Lipinski definition) is 3. The monoisotopic (exact) mass is 269 g/mol. The molecule has 3 rings (SSSR count). The second-order valence-electron chi connectivity index (χ2n) is 5.50. The highest BCUT2D eigenvalue weighted by atomic mass is 16.1. The first kappa shape index (κ1) is 13.1. The van der Waals surface area contributed by atoms with E-state index in [0.717, 1.165) is 36.3 Å². The average molecular weight is 269 g/mol. The molecule has 0 bridgehead atoms. The lowest BCUT2D eigenvalue weighted by atomic mass is 9.92. The summed E-state index contributed by atoms with van der Waals surface area (Å²) >= 11 is 0. The molecule has 0 saturated carbocycles. The molecule has 1 aliphatic carbocycles. The van der Waals surface area contributed by atoms with Gasteiger partial charge in [0.1, 0.15) is 0 Å². The molecule has 0 spiro atoms. The molecule has 0 aliphatic heterocycles. The molecule has 1 aliphatic rings. The molecular formula is C16H19N3O. The number of nitrogens with zero attached hydrogens (tertiary/aromatic N) is 2. The molecule has 0 amide bonds. The number of fused-ring (bicyclic) bond motifs is 1. The Morgan fingerprint density at radius 2 is 2.20 bits per heavy atom. The van der Waals surface area contributed by atoms with E-state index in [0.29, 0.717) is 6.54 Å². The fourth-order valence-corrected chi connectivity index (χ4v) is 2.88. The van der Waals surface area contributed by atoms with Crippen molar-refractivity contribution in [2.45, 2.75) is 38.8 Å². The smallest absolute Gasteiger partial charge is 0.251 e. The minimum atomic E-state index is 0.0440. The van der Waals surface area contributed by atoms with Crippen molar-refractivity contribution in [3.05, 3.63) is 63.3 Å². The van der Waals surface area contributed by atoms with Crippen LogP contribution in [0.25, 0.3) is 0 Å². The van der Waals surface area contributed by atoms with Gasteiger partial charge in [-0.1, -0.05) is 12.1 Å². The van der Waals surface area contributed by atoms with Crippen molar-refractivity contribution < 1.29 is 0 Å². The summed E-state index contributed by atoms with van der Waals surface area (Å²) in [6.07, 6.45) is 2.67. The van der Waals surface area contributed by atoms with E-state index in [1.165, 1.54) is 5.56 Å². The fourth-order valence-electron chi connectivity index (χ4n) is 2.88. The molecule has 20 heavy (non-hydrogen) atoms. The van der Waals surface area contributed by atoms with Crippen molar-refractivity contribution in [2.24, 2.45) is 5.73 Å². The van der Waals surface area contributed by atoms with E-state index < -0.39 is 0 Å². The molecule has 104 valence electrons. The summed E-state index contributed by atoms with van der Waals surface area (Å²) in [4.78, 5) is 16.7. The van der Waals surface area contributed by atoms with Gasteiger partial charge >= 0.3 is 0 Å². The van der Waals surface area contributed by atoms with Crippen LogP contribution in [-0.2, 0) is 19.4 Å². The molecule has 0 aromatic carbocycles. The van der Waals surface area contributed by atoms with Crippen LogP contribution in [0.15, 0.2) is 35.1 Å². The molecule has 4 heteroatoms. The van der Waals surface area contributed by atoms with E-state index in [-0.39, 0.29) is 11.6 Å². The number of rotatable bonds is 2. The third kappa shape index (κ3) is 2.51. The van der Waals surface area contributed by atoms with Gasteiger partial charge in [0.05, 0.1) is 12.2 Å². The van der Waals surface area contributed by atoms with Crippen molar-refractivity contribution in [2.75, 3.05) is 0 Å². The first-order valence-corrected chi connectivity index (χ1v) is 7.03. The Bertz CT molecular complexity index is 690. The lowest BCUT2D eigenvalue weighted by Crippen LogP contribution is -2.33. The van der Waals surface area contributed by atoms with E-state index >= 15 is 0 Å². The Morgan fingerprint density at radius 1 is 1.35 bits per heavy atom. The molecule has 0 unspecified atom stereocenters. The fraction of sp³-hybridized carbons (Fsp3) is 0.375. The van der Waals surface area contributed by atoms with Gasteiger partial charge in [0.25, 0.3) is 5.56 Å². The van der Waals surface area contributed by atoms with Gasteiger partial charge in [-0.25, -0.2) is 0 Å². The molecule has 4 nitrogen and oxygen atoms in total. The summed E-state index contributed by atoms with van der Waals surface area (Å²) in [6, 6.07) is 9.70. The van der Waals surface area contributed by atoms with Gasteiger partial charge in [-0.05, 0) is 43.9 Å². The van der Waals surface area contributed by atoms with Crippen LogP contribution in [0, 0.1) is 6.92 Å². The highest BCUT2D eigenvalue weighted by Crippen LogP contribution is 2.19. The summed E-state index contributed by atoms with van der Waals surface area (Å²) in [5.74, 6) is 0. The van der Waals surface area contributed by atoms with Crippen LogP contribution in [0.1, 0.15) is 29.1 Å². The molecule has 2 aromatic rings. The normalized spacial score (nSPS) is 17.8. The molecule has 1 atom stereocenters. The topological polar surface area (TPSA) is 60.9 Å². The van der Waals surface area contributed by atoms with Crippen LogP contribution in [0.4, 0.5) is 0 Å². The van der Waals surface area contributed by atoms with Crippen LogP contribution in [0.5, 0.6) is 0 Å². The minimum absolute atomic E-state index is 0.0440. The average Bonchev–Trinajstić information content (AvgIpc) is 2.42. The van der Waals surface area contributed by atoms with E-state index in [2.05, 4.69) is 4.98 Å². The highest BCUT2D eigenvalue weighted by molar-refractivity contribution is 5.26. The molecular weight excluding hydrogens is 250 g/mol. The number of nitrogens with two attached hydrogens (primary N) is 1. The lowest BCUT2D eigenvalue weighted by molar-refractivity contribution is 0.535. The van der Waals surface area contributed by atoms with Gasteiger partial charge in [-0.3, -0.25) is 9.78 Å². The van der Waals surface area contributed by atoms with E-state index in [9.17, 15) is 4.79 Å². The van der Waals surface area contributed by atoms with Gasteiger partial charge in [-0.2, -0.15) is 0 Å². The Morgan fingerprint density at radius 3 is 3.00 bits per heavy atom. The predicted molar refractivity (Wildman–Crippen MR) is 78.8 cm³/mol. The van der Waals surface area contributed by atoms with E-state index in [4.69, 9.17) is 5.73 Å². The summed E-state index contributed by atoms with van der Waals surface area (Å²) in [5.41, 5.74) is 10.3. The molecule has 2 N–H and O–H groups in total. The second-order valence-corrected chi connectivity index (χ2v) is 5.50. The SMILES string of the molecule is Cc1cccc(Cn2c3c(ccc2=O)C[C@H](N)CC3)n1. The zero-order chi connectivity index (χ0) is 14.1. The Kier molecular flexibility index (Phi) is 3.40. The molecule has 2 aromatic heterocycles. The standard InChI is InChI=1S/C16H19N3O/c1-11-3-2-4-14(18-11)10-19-15-7-6-13(17)9-12(15)5-8-16(19)20/h2-5,8,13H,6-7,9-10,17H2,1H3/t13-/m1/s1. The third-order valence-electron chi connectivity index (χ3n) is 3.89. The quantitative estimate of drug-likeness (QED) is 0.897. The molecule has 0 fully saturated rings. The van der Waals surface area contributed by atoms with Gasteiger partial charge < -0.3 is 10.3 Å². The van der Waals surface area contributed by atoms with Crippen molar-refractivity contribution in [3.63, 3.8) is 0 Å². The molecule has 0 radical (unpaired) electrons. The van der Waals surface area contributed by atoms with Crippen molar-refractivity contribution in [1.29, 1.82) is 0 Å². The van der Waals surface area contributed by atoms with E-state index in [1.54, 1.807) is 6.07 Å². The van der Waals surface area contributed by atoms with Crippen LogP contribution in [-0.4, -0.2) is 15.6 Å². The zero-order valence-electron chi connectivity index (χ0n) is 11.7. The Labute approximate surface area is 118 Å². The number of aryl methyl sites for hydroxylation is 1. The maximum Gasteiger partial charge on any atom is 0.251 e. The predicted octanol–water partition coefficient (Wildman–Crippen LogP) is 1.42. The van der Waals surface area contributed by atoms with Gasteiger partial charge in [0.2, 0.25) is 0 Å². The maximum absolute atomic E-state index is 12.2. The van der Waals surface area contributed by atoms with Crippen LogP contribution in [0.3, 0.4) is 0 Å². The van der Waals surface area contributed by atoms with Crippen LogP contribution < -0.4 is 11.3 Å². The van der Waals surface area contributed by atoms with Gasteiger partial charge in [0, 0.05) is 23.5 Å². The summed E-state index contributed by atoms with van der Waals surface area (Å²) in [7, 11) is 0. The number of pyridine rings is 2. The van der Waals surface area contributed by atoms with Crippen molar-refractivity contribution in [3.8, 4) is 0 Å². The first-order chi connectivity index (χ1) is 9.63. The zero-order valence-corrected chi connectivity index (χ0v) is 11.7. The first-order valence-electron chi connectivity index (χ1n) is 7.03. The number of aromatic nitrogens is 2. The lowest BCUT2D eigenvalue weighted by Gasteiger charge is -2.24.